The van der Waals surface area contributed by atoms with Crippen LogP contribution in [0.5, 0.6) is 0 Å². The van der Waals surface area contributed by atoms with Gasteiger partial charge in [-0.1, -0.05) is 100.0 Å². The first-order valence-corrected chi connectivity index (χ1v) is 16.4. The number of rotatable bonds is 6. The van der Waals surface area contributed by atoms with Gasteiger partial charge in [0.25, 0.3) is 0 Å². The van der Waals surface area contributed by atoms with Crippen LogP contribution in [0.3, 0.4) is 0 Å². The fourth-order valence-electron chi connectivity index (χ4n) is 5.86. The van der Waals surface area contributed by atoms with E-state index in [9.17, 15) is 26.3 Å². The van der Waals surface area contributed by atoms with Crippen LogP contribution in [0.25, 0.3) is 0 Å². The van der Waals surface area contributed by atoms with E-state index in [0.29, 0.717) is 37.5 Å². The summed E-state index contributed by atoms with van der Waals surface area (Å²) in [5, 5.41) is 0.204. The van der Waals surface area contributed by atoms with E-state index in [2.05, 4.69) is 44.8 Å². The molecule has 1 saturated heterocycles. The van der Waals surface area contributed by atoms with Gasteiger partial charge in [-0.25, -0.2) is 9.98 Å². The van der Waals surface area contributed by atoms with Gasteiger partial charge in [-0.15, -0.1) is 0 Å². The van der Waals surface area contributed by atoms with Crippen LogP contribution >= 0.6 is 11.6 Å². The summed E-state index contributed by atoms with van der Waals surface area (Å²) in [4.78, 5) is 13.6. The van der Waals surface area contributed by atoms with E-state index in [4.69, 9.17) is 16.6 Å². The molecular weight excluding hydrogens is 662 g/mol. The number of nitrogens with zero attached hydrogens (tertiary/aromatic N) is 4. The van der Waals surface area contributed by atoms with E-state index in [-0.39, 0.29) is 46.7 Å². The molecular formula is C38H37ClF6N4. The van der Waals surface area contributed by atoms with E-state index >= 15 is 0 Å². The summed E-state index contributed by atoms with van der Waals surface area (Å²) in [5.41, 5.74) is 0.853. The molecule has 0 amide bonds. The van der Waals surface area contributed by atoms with Crippen LogP contribution in [0.2, 0.25) is 5.02 Å². The van der Waals surface area contributed by atoms with Gasteiger partial charge in [0.15, 0.2) is 0 Å². The third-order valence-electron chi connectivity index (χ3n) is 8.31. The molecule has 258 valence electrons. The van der Waals surface area contributed by atoms with E-state index in [1.54, 1.807) is 29.2 Å². The molecule has 11 heteroatoms. The highest BCUT2D eigenvalue weighted by molar-refractivity contribution is 6.33. The summed E-state index contributed by atoms with van der Waals surface area (Å²) < 4.78 is 84.0. The highest BCUT2D eigenvalue weighted by Crippen LogP contribution is 2.38. The first-order valence-electron chi connectivity index (χ1n) is 16.0. The van der Waals surface area contributed by atoms with Crippen LogP contribution < -0.4 is 0 Å². The predicted octanol–water partition coefficient (Wildman–Crippen LogP) is 11.4. The lowest BCUT2D eigenvalue weighted by Gasteiger charge is -2.39. The molecule has 0 radical (unpaired) electrons. The zero-order chi connectivity index (χ0) is 35.5. The third-order valence-corrected chi connectivity index (χ3v) is 8.63. The largest absolute Gasteiger partial charge is 0.416 e. The Morgan fingerprint density at radius 2 is 1.14 bits per heavy atom. The Labute approximate surface area is 287 Å². The standard InChI is InChI=1S/C38H37ClF6N4/c1-24(2)30-14-10-15-31(25(3)4)34(30)47-35(26-12-6-5-7-13-26)48-18-11-19-49(23-48)36(46-33-17-9-8-16-32(33)39)27-20-28(37(40,41)42)22-29(21-27)38(43,44)45/h5-10,12-17,20-22,24-25H,11,18-19,23H2,1-4H3. The van der Waals surface area contributed by atoms with Gasteiger partial charge >= 0.3 is 12.4 Å². The van der Waals surface area contributed by atoms with Gasteiger partial charge in [0, 0.05) is 24.2 Å². The third kappa shape index (κ3) is 8.47. The second kappa shape index (κ2) is 14.7. The van der Waals surface area contributed by atoms with Crippen molar-refractivity contribution in [1.82, 2.24) is 9.80 Å². The number of amidine groups is 2. The SMILES string of the molecule is CC(C)c1cccc(C(C)C)c1N=C(c1ccccc1)N1CCCN(C(=Nc2ccccc2Cl)c2cc(C(F)(F)F)cc(C(F)(F)F)c2)C1. The Hall–Kier alpha value is -4.31. The van der Waals surface area contributed by atoms with Crippen LogP contribution in [-0.2, 0) is 12.4 Å². The number of aliphatic imine (C=N–C) groups is 2. The summed E-state index contributed by atoms with van der Waals surface area (Å²) in [5.74, 6) is 0.917. The normalized spacial score (nSPS) is 15.0. The minimum absolute atomic E-state index is 0.0627. The molecule has 0 aromatic heterocycles. The van der Waals surface area contributed by atoms with E-state index in [1.807, 2.05) is 41.3 Å². The van der Waals surface area contributed by atoms with E-state index in [0.717, 1.165) is 22.4 Å². The second-order valence-corrected chi connectivity index (χ2v) is 13.0. The van der Waals surface area contributed by atoms with Gasteiger partial charge in [0.05, 0.1) is 34.2 Å². The smallest absolute Gasteiger partial charge is 0.338 e. The van der Waals surface area contributed by atoms with Crippen molar-refractivity contribution in [2.24, 2.45) is 9.98 Å². The highest BCUT2D eigenvalue weighted by atomic mass is 35.5. The van der Waals surface area contributed by atoms with E-state index < -0.39 is 23.5 Å². The molecule has 1 aliphatic rings. The van der Waals surface area contributed by atoms with Crippen molar-refractivity contribution >= 4 is 34.6 Å². The minimum Gasteiger partial charge on any atom is -0.338 e. The number of para-hydroxylation sites is 2. The molecule has 0 saturated carbocycles. The Morgan fingerprint density at radius 3 is 1.65 bits per heavy atom. The molecule has 0 N–H and O–H groups in total. The van der Waals surface area contributed by atoms with Gasteiger partial charge in [-0.05, 0) is 59.7 Å². The second-order valence-electron chi connectivity index (χ2n) is 12.6. The molecule has 0 atom stereocenters. The number of halogens is 7. The van der Waals surface area contributed by atoms with Gasteiger partial charge in [-0.2, -0.15) is 26.3 Å². The van der Waals surface area contributed by atoms with Crippen molar-refractivity contribution in [3.63, 3.8) is 0 Å². The summed E-state index contributed by atoms with van der Waals surface area (Å²) in [6.45, 7) is 9.36. The van der Waals surface area contributed by atoms with Crippen molar-refractivity contribution in [3.05, 3.63) is 129 Å². The molecule has 0 aliphatic carbocycles. The van der Waals surface area contributed by atoms with Crippen LogP contribution in [0, 0.1) is 0 Å². The monoisotopic (exact) mass is 698 g/mol. The minimum atomic E-state index is -5.02. The Bertz CT molecular complexity index is 1770. The maximum Gasteiger partial charge on any atom is 0.416 e. The molecule has 4 aromatic carbocycles. The van der Waals surface area contributed by atoms with Crippen molar-refractivity contribution in [2.75, 3.05) is 19.8 Å². The van der Waals surface area contributed by atoms with Crippen molar-refractivity contribution < 1.29 is 26.3 Å². The Kier molecular flexibility index (Phi) is 10.8. The van der Waals surface area contributed by atoms with Gasteiger partial charge < -0.3 is 9.80 Å². The van der Waals surface area contributed by atoms with Gasteiger partial charge in [0.2, 0.25) is 0 Å². The number of alkyl halides is 6. The molecule has 5 rings (SSSR count). The molecule has 4 nitrogen and oxygen atoms in total. The number of hydrogen-bond acceptors (Lipinski definition) is 2. The average molecular weight is 699 g/mol. The maximum absolute atomic E-state index is 14.0. The van der Waals surface area contributed by atoms with Crippen LogP contribution in [-0.4, -0.2) is 41.2 Å². The molecule has 0 unspecified atom stereocenters. The number of benzene rings is 4. The molecule has 1 aliphatic heterocycles. The van der Waals surface area contributed by atoms with Crippen molar-refractivity contribution in [3.8, 4) is 0 Å². The molecule has 0 bridgehead atoms. The van der Waals surface area contributed by atoms with Crippen molar-refractivity contribution in [2.45, 2.75) is 58.3 Å². The van der Waals surface area contributed by atoms with Gasteiger partial charge in [0.1, 0.15) is 11.7 Å². The Morgan fingerprint density at radius 1 is 0.633 bits per heavy atom. The maximum atomic E-state index is 14.0. The van der Waals surface area contributed by atoms with Crippen LogP contribution in [0.4, 0.5) is 37.7 Å². The summed E-state index contributed by atoms with van der Waals surface area (Å²) in [6, 6.07) is 23.7. The highest BCUT2D eigenvalue weighted by Gasteiger charge is 2.38. The van der Waals surface area contributed by atoms with Gasteiger partial charge in [-0.3, -0.25) is 0 Å². The van der Waals surface area contributed by atoms with Crippen LogP contribution in [0.15, 0.2) is 101 Å². The lowest BCUT2D eigenvalue weighted by Crippen LogP contribution is -2.50. The molecule has 4 aromatic rings. The van der Waals surface area contributed by atoms with Crippen molar-refractivity contribution in [1.29, 1.82) is 0 Å². The predicted molar refractivity (Wildman–Crippen MR) is 184 cm³/mol. The molecule has 0 spiro atoms. The lowest BCUT2D eigenvalue weighted by atomic mass is 9.93. The van der Waals surface area contributed by atoms with E-state index in [1.165, 1.54) is 0 Å². The molecule has 1 fully saturated rings. The summed E-state index contributed by atoms with van der Waals surface area (Å²) >= 11 is 6.42. The first kappa shape index (κ1) is 36.0. The topological polar surface area (TPSA) is 31.2 Å². The zero-order valence-corrected chi connectivity index (χ0v) is 28.3. The number of hydrogen-bond donors (Lipinski definition) is 0. The first-order chi connectivity index (χ1) is 23.1. The summed E-state index contributed by atoms with van der Waals surface area (Å²) in [6.07, 6.45) is -9.52. The molecule has 49 heavy (non-hydrogen) atoms. The Balaban J connectivity index is 1.69. The average Bonchev–Trinajstić information content (AvgIpc) is 3.06. The lowest BCUT2D eigenvalue weighted by molar-refractivity contribution is -0.143. The van der Waals surface area contributed by atoms with Crippen LogP contribution in [0.1, 0.15) is 79.3 Å². The summed E-state index contributed by atoms with van der Waals surface area (Å²) in [7, 11) is 0. The molecule has 1 heterocycles. The quantitative estimate of drug-likeness (QED) is 0.114. The fourth-order valence-corrected chi connectivity index (χ4v) is 6.03. The zero-order valence-electron chi connectivity index (χ0n) is 27.6. The fraction of sp³-hybridized carbons (Fsp3) is 0.316.